The number of primary amides is 1. The van der Waals surface area contributed by atoms with Gasteiger partial charge in [0.2, 0.25) is 5.91 Å². The predicted octanol–water partition coefficient (Wildman–Crippen LogP) is 0.455. The molecule has 4 nitrogen and oxygen atoms in total. The maximum Gasteiger partial charge on any atom is 0.235 e. The molecule has 0 aromatic carbocycles. The van der Waals surface area contributed by atoms with Crippen molar-refractivity contribution in [3.63, 3.8) is 0 Å². The highest BCUT2D eigenvalue weighted by molar-refractivity contribution is 8.00. The Labute approximate surface area is 102 Å². The third-order valence-corrected chi connectivity index (χ3v) is 4.79. The first-order valence-corrected chi connectivity index (χ1v) is 7.13. The van der Waals surface area contributed by atoms with Gasteiger partial charge in [0.05, 0.1) is 6.04 Å². The predicted molar refractivity (Wildman–Crippen MR) is 69.4 cm³/mol. The van der Waals surface area contributed by atoms with Gasteiger partial charge >= 0.3 is 0 Å². The molecule has 1 aliphatic carbocycles. The minimum Gasteiger partial charge on any atom is -0.368 e. The van der Waals surface area contributed by atoms with Gasteiger partial charge < -0.3 is 16.8 Å². The van der Waals surface area contributed by atoms with E-state index in [9.17, 15) is 4.79 Å². The molecule has 0 aliphatic heterocycles. The van der Waals surface area contributed by atoms with E-state index in [-0.39, 0.29) is 0 Å². The van der Waals surface area contributed by atoms with Crippen LogP contribution >= 0.6 is 11.8 Å². The Morgan fingerprint density at radius 2 is 2.06 bits per heavy atom. The number of nitrogens with one attached hydrogen (secondary N) is 1. The van der Waals surface area contributed by atoms with Crippen molar-refractivity contribution >= 4 is 17.7 Å². The van der Waals surface area contributed by atoms with Gasteiger partial charge in [-0.1, -0.05) is 19.3 Å². The van der Waals surface area contributed by atoms with Crippen LogP contribution in [0.25, 0.3) is 0 Å². The molecule has 16 heavy (non-hydrogen) atoms. The Hall–Kier alpha value is -0.260. The Balaban J connectivity index is 2.31. The third-order valence-electron chi connectivity index (χ3n) is 3.37. The maximum atomic E-state index is 10.8. The summed E-state index contributed by atoms with van der Waals surface area (Å²) in [7, 11) is 0. The Morgan fingerprint density at radius 1 is 1.44 bits per heavy atom. The van der Waals surface area contributed by atoms with Crippen LogP contribution in [0.3, 0.4) is 0 Å². The van der Waals surface area contributed by atoms with Crippen LogP contribution in [0.5, 0.6) is 0 Å². The van der Waals surface area contributed by atoms with Gasteiger partial charge in [0.25, 0.3) is 0 Å². The lowest BCUT2D eigenvalue weighted by Gasteiger charge is -2.36. The van der Waals surface area contributed by atoms with Gasteiger partial charge in [-0.2, -0.15) is 11.8 Å². The standard InChI is InChI=1S/C11H23N3OS/c1-16-11(5-3-2-4-6-11)8-14-7-9(12)10(13)15/h9,14H,2-8,12H2,1H3,(H2,13,15). The molecule has 94 valence electrons. The molecular weight excluding hydrogens is 222 g/mol. The zero-order valence-electron chi connectivity index (χ0n) is 10.00. The summed E-state index contributed by atoms with van der Waals surface area (Å²) < 4.78 is 0.343. The highest BCUT2D eigenvalue weighted by atomic mass is 32.2. The molecule has 5 N–H and O–H groups in total. The first-order chi connectivity index (χ1) is 7.59. The van der Waals surface area contributed by atoms with Gasteiger partial charge in [-0.05, 0) is 19.1 Å². The normalized spacial score (nSPS) is 21.6. The monoisotopic (exact) mass is 245 g/mol. The van der Waals surface area contributed by atoms with E-state index in [1.165, 1.54) is 32.1 Å². The van der Waals surface area contributed by atoms with Crippen molar-refractivity contribution in [3.8, 4) is 0 Å². The SMILES string of the molecule is CSC1(CNCC(N)C(N)=O)CCCCC1. The fourth-order valence-electron chi connectivity index (χ4n) is 2.21. The van der Waals surface area contributed by atoms with Crippen LogP contribution in [0, 0.1) is 0 Å². The average Bonchev–Trinajstić information content (AvgIpc) is 2.30. The smallest absolute Gasteiger partial charge is 0.235 e. The van der Waals surface area contributed by atoms with Crippen molar-refractivity contribution in [3.05, 3.63) is 0 Å². The maximum absolute atomic E-state index is 10.8. The van der Waals surface area contributed by atoms with Crippen LogP contribution in [-0.2, 0) is 4.79 Å². The number of hydrogen-bond donors (Lipinski definition) is 3. The highest BCUT2D eigenvalue weighted by Gasteiger charge is 2.30. The minimum absolute atomic E-state index is 0.343. The summed E-state index contributed by atoms with van der Waals surface area (Å²) >= 11 is 1.93. The summed E-state index contributed by atoms with van der Waals surface area (Å²) in [5, 5.41) is 3.28. The molecular formula is C11H23N3OS. The molecule has 0 spiro atoms. The number of nitrogens with two attached hydrogens (primary N) is 2. The lowest BCUT2D eigenvalue weighted by atomic mass is 9.88. The molecule has 1 rings (SSSR count). The summed E-state index contributed by atoms with van der Waals surface area (Å²) in [6.07, 6.45) is 8.65. The van der Waals surface area contributed by atoms with Crippen LogP contribution in [0.2, 0.25) is 0 Å². The van der Waals surface area contributed by atoms with Crippen molar-refractivity contribution in [1.29, 1.82) is 0 Å². The number of carbonyl (C=O) groups excluding carboxylic acids is 1. The highest BCUT2D eigenvalue weighted by Crippen LogP contribution is 2.37. The fourth-order valence-corrected chi connectivity index (χ4v) is 3.15. The molecule has 0 saturated heterocycles. The Kier molecular flexibility index (Phi) is 5.58. The third kappa shape index (κ3) is 3.96. The van der Waals surface area contributed by atoms with Gasteiger partial charge in [0, 0.05) is 17.8 Å². The molecule has 1 atom stereocenters. The van der Waals surface area contributed by atoms with Gasteiger partial charge in [-0.15, -0.1) is 0 Å². The molecule has 0 aromatic rings. The number of hydrogen-bond acceptors (Lipinski definition) is 4. The number of amides is 1. The fraction of sp³-hybridized carbons (Fsp3) is 0.909. The second kappa shape index (κ2) is 6.47. The second-order valence-electron chi connectivity index (χ2n) is 4.59. The number of rotatable bonds is 6. The van der Waals surface area contributed by atoms with E-state index in [2.05, 4.69) is 11.6 Å². The summed E-state index contributed by atoms with van der Waals surface area (Å²) in [6.45, 7) is 1.41. The molecule has 1 unspecified atom stereocenters. The van der Waals surface area contributed by atoms with E-state index >= 15 is 0 Å². The molecule has 0 heterocycles. The van der Waals surface area contributed by atoms with E-state index in [0.29, 0.717) is 11.3 Å². The number of thioether (sulfide) groups is 1. The molecule has 0 bridgehead atoms. The largest absolute Gasteiger partial charge is 0.368 e. The van der Waals surface area contributed by atoms with Crippen molar-refractivity contribution < 1.29 is 4.79 Å². The summed E-state index contributed by atoms with van der Waals surface area (Å²) in [5.41, 5.74) is 10.7. The zero-order chi connectivity index (χ0) is 12.0. The van der Waals surface area contributed by atoms with E-state index in [4.69, 9.17) is 11.5 Å². The number of carbonyl (C=O) groups is 1. The molecule has 1 aliphatic rings. The topological polar surface area (TPSA) is 81.1 Å². The van der Waals surface area contributed by atoms with Gasteiger partial charge in [0.15, 0.2) is 0 Å². The van der Waals surface area contributed by atoms with Crippen molar-refractivity contribution in [2.45, 2.75) is 42.9 Å². The van der Waals surface area contributed by atoms with E-state index < -0.39 is 11.9 Å². The quantitative estimate of drug-likeness (QED) is 0.635. The first kappa shape index (κ1) is 13.8. The van der Waals surface area contributed by atoms with Crippen molar-refractivity contribution in [1.82, 2.24) is 5.32 Å². The van der Waals surface area contributed by atoms with Crippen LogP contribution in [0.1, 0.15) is 32.1 Å². The molecule has 0 radical (unpaired) electrons. The summed E-state index contributed by atoms with van der Waals surface area (Å²) in [6, 6.07) is -0.567. The lowest BCUT2D eigenvalue weighted by Crippen LogP contribution is -2.48. The van der Waals surface area contributed by atoms with Crippen LogP contribution in [0.4, 0.5) is 0 Å². The molecule has 1 fully saturated rings. The molecule has 1 saturated carbocycles. The summed E-state index contributed by atoms with van der Waals surface area (Å²) in [5.74, 6) is -0.436. The average molecular weight is 245 g/mol. The van der Waals surface area contributed by atoms with E-state index in [0.717, 1.165) is 6.54 Å². The van der Waals surface area contributed by atoms with Gasteiger partial charge in [0.1, 0.15) is 0 Å². The zero-order valence-corrected chi connectivity index (χ0v) is 10.8. The Morgan fingerprint density at radius 3 is 2.56 bits per heavy atom. The van der Waals surface area contributed by atoms with Crippen LogP contribution < -0.4 is 16.8 Å². The van der Waals surface area contributed by atoms with E-state index in [1.54, 1.807) is 0 Å². The summed E-state index contributed by atoms with van der Waals surface area (Å²) in [4.78, 5) is 10.8. The van der Waals surface area contributed by atoms with E-state index in [1.807, 2.05) is 11.8 Å². The Bertz CT molecular complexity index is 229. The minimum atomic E-state index is -0.567. The van der Waals surface area contributed by atoms with Gasteiger partial charge in [-0.25, -0.2) is 0 Å². The van der Waals surface area contributed by atoms with Crippen LogP contribution in [-0.4, -0.2) is 36.0 Å². The molecule has 0 aromatic heterocycles. The first-order valence-electron chi connectivity index (χ1n) is 5.90. The molecule has 5 heteroatoms. The molecule has 1 amide bonds. The van der Waals surface area contributed by atoms with Crippen LogP contribution in [0.15, 0.2) is 0 Å². The van der Waals surface area contributed by atoms with Crippen molar-refractivity contribution in [2.24, 2.45) is 11.5 Å². The second-order valence-corrected chi connectivity index (χ2v) is 5.86. The van der Waals surface area contributed by atoms with Crippen molar-refractivity contribution in [2.75, 3.05) is 19.3 Å². The van der Waals surface area contributed by atoms with Gasteiger partial charge in [-0.3, -0.25) is 4.79 Å². The lowest BCUT2D eigenvalue weighted by molar-refractivity contribution is -0.119.